The van der Waals surface area contributed by atoms with Crippen LogP contribution in [0.2, 0.25) is 0 Å². The fourth-order valence-corrected chi connectivity index (χ4v) is 1.82. The van der Waals surface area contributed by atoms with E-state index in [2.05, 4.69) is 21.1 Å². The van der Waals surface area contributed by atoms with Gasteiger partial charge in [-0.15, -0.1) is 0 Å². The summed E-state index contributed by atoms with van der Waals surface area (Å²) in [7, 11) is 1.56. The summed E-state index contributed by atoms with van der Waals surface area (Å²) in [6.45, 7) is 5.97. The van der Waals surface area contributed by atoms with E-state index in [1.807, 2.05) is 20.8 Å². The van der Waals surface area contributed by atoms with E-state index in [0.717, 1.165) is 0 Å². The summed E-state index contributed by atoms with van der Waals surface area (Å²) in [6, 6.07) is 7.80. The van der Waals surface area contributed by atoms with Crippen LogP contribution in [0, 0.1) is 0 Å². The molecule has 1 aromatic carbocycles. The monoisotopic (exact) mass is 316 g/mol. The highest BCUT2D eigenvalue weighted by atomic mass is 16.5. The van der Waals surface area contributed by atoms with E-state index in [9.17, 15) is 9.59 Å². The Morgan fingerprint density at radius 3 is 2.26 bits per heavy atom. The highest BCUT2D eigenvalue weighted by Gasteiger charge is 2.20. The number of urea groups is 1. The van der Waals surface area contributed by atoms with Crippen LogP contribution in [-0.2, 0) is 5.41 Å². The Labute approximate surface area is 134 Å². The maximum absolute atomic E-state index is 11.9. The lowest BCUT2D eigenvalue weighted by Crippen LogP contribution is -2.20. The molecule has 0 saturated heterocycles. The van der Waals surface area contributed by atoms with E-state index < -0.39 is 6.03 Å². The average molecular weight is 316 g/mol. The molecule has 1 heterocycles. The number of amides is 3. The van der Waals surface area contributed by atoms with Crippen molar-refractivity contribution < 1.29 is 14.1 Å². The lowest BCUT2D eigenvalue weighted by Gasteiger charge is -2.12. The Morgan fingerprint density at radius 2 is 1.74 bits per heavy atom. The molecular formula is C16H20N4O3. The van der Waals surface area contributed by atoms with Gasteiger partial charge < -0.3 is 15.2 Å². The van der Waals surface area contributed by atoms with Gasteiger partial charge in [0.15, 0.2) is 5.82 Å². The fraction of sp³-hybridized carbons (Fsp3) is 0.312. The topological polar surface area (TPSA) is 96.3 Å². The van der Waals surface area contributed by atoms with Crippen molar-refractivity contribution in [2.45, 2.75) is 26.2 Å². The molecule has 0 bridgehead atoms. The number of carbonyl (C=O) groups excluding carboxylic acids is 2. The molecule has 0 atom stereocenters. The molecule has 3 amide bonds. The summed E-state index contributed by atoms with van der Waals surface area (Å²) in [5, 5.41) is 11.6. The predicted octanol–water partition coefficient (Wildman–Crippen LogP) is 2.98. The van der Waals surface area contributed by atoms with Crippen molar-refractivity contribution in [3.8, 4) is 0 Å². The first kappa shape index (κ1) is 16.5. The third-order valence-corrected chi connectivity index (χ3v) is 3.12. The Bertz CT molecular complexity index is 699. The number of rotatable bonds is 3. The molecule has 0 saturated carbocycles. The van der Waals surface area contributed by atoms with Gasteiger partial charge >= 0.3 is 6.03 Å². The lowest BCUT2D eigenvalue weighted by atomic mass is 9.93. The maximum atomic E-state index is 11.9. The molecule has 0 unspecified atom stereocenters. The van der Waals surface area contributed by atoms with Crippen LogP contribution in [0.1, 0.15) is 36.9 Å². The SMILES string of the molecule is CNC(=O)c1ccc(NC(=O)Nc2cc(C(C)(C)C)on2)cc1. The van der Waals surface area contributed by atoms with Crippen molar-refractivity contribution in [3.05, 3.63) is 41.7 Å². The minimum Gasteiger partial charge on any atom is -0.359 e. The Hall–Kier alpha value is -2.83. The summed E-state index contributed by atoms with van der Waals surface area (Å²) < 4.78 is 5.20. The van der Waals surface area contributed by atoms with Gasteiger partial charge in [0.1, 0.15) is 5.76 Å². The highest BCUT2D eigenvalue weighted by molar-refractivity contribution is 6.00. The van der Waals surface area contributed by atoms with E-state index in [0.29, 0.717) is 22.8 Å². The predicted molar refractivity (Wildman–Crippen MR) is 87.7 cm³/mol. The molecule has 23 heavy (non-hydrogen) atoms. The Kier molecular flexibility index (Phi) is 4.68. The normalized spacial score (nSPS) is 11.0. The maximum Gasteiger partial charge on any atom is 0.324 e. The van der Waals surface area contributed by atoms with Gasteiger partial charge in [-0.2, -0.15) is 0 Å². The number of carbonyl (C=O) groups is 2. The molecule has 122 valence electrons. The van der Waals surface area contributed by atoms with E-state index >= 15 is 0 Å². The van der Waals surface area contributed by atoms with E-state index in [-0.39, 0.29) is 11.3 Å². The van der Waals surface area contributed by atoms with E-state index in [1.54, 1.807) is 37.4 Å². The first-order valence-corrected chi connectivity index (χ1v) is 7.17. The summed E-state index contributed by atoms with van der Waals surface area (Å²) in [6.07, 6.45) is 0. The van der Waals surface area contributed by atoms with Crippen molar-refractivity contribution in [1.29, 1.82) is 0 Å². The van der Waals surface area contributed by atoms with Crippen LogP contribution in [0.4, 0.5) is 16.3 Å². The van der Waals surface area contributed by atoms with Crippen molar-refractivity contribution in [2.24, 2.45) is 0 Å². The zero-order valence-corrected chi connectivity index (χ0v) is 13.6. The van der Waals surface area contributed by atoms with Crippen molar-refractivity contribution in [2.75, 3.05) is 17.7 Å². The zero-order chi connectivity index (χ0) is 17.0. The minimum atomic E-state index is -0.438. The van der Waals surface area contributed by atoms with Gasteiger partial charge in [-0.05, 0) is 24.3 Å². The molecule has 2 rings (SSSR count). The summed E-state index contributed by atoms with van der Waals surface area (Å²) in [5.74, 6) is 0.843. The third kappa shape index (κ3) is 4.32. The summed E-state index contributed by atoms with van der Waals surface area (Å²) in [4.78, 5) is 23.4. The molecule has 0 aliphatic heterocycles. The molecular weight excluding hydrogens is 296 g/mol. The van der Waals surface area contributed by atoms with E-state index in [1.165, 1.54) is 0 Å². The lowest BCUT2D eigenvalue weighted by molar-refractivity contribution is 0.0963. The van der Waals surface area contributed by atoms with Gasteiger partial charge in [0.25, 0.3) is 5.91 Å². The molecule has 0 aliphatic carbocycles. The number of hydrogen-bond donors (Lipinski definition) is 3. The Balaban J connectivity index is 1.97. The summed E-state index contributed by atoms with van der Waals surface area (Å²) >= 11 is 0. The van der Waals surface area contributed by atoms with E-state index in [4.69, 9.17) is 4.52 Å². The van der Waals surface area contributed by atoms with Gasteiger partial charge in [0.05, 0.1) is 0 Å². The van der Waals surface area contributed by atoms with Crippen LogP contribution in [0.15, 0.2) is 34.9 Å². The first-order chi connectivity index (χ1) is 10.8. The number of anilines is 2. The smallest absolute Gasteiger partial charge is 0.324 e. The zero-order valence-electron chi connectivity index (χ0n) is 13.6. The van der Waals surface area contributed by atoms with Crippen molar-refractivity contribution in [3.63, 3.8) is 0 Å². The molecule has 1 aromatic heterocycles. The Morgan fingerprint density at radius 1 is 1.09 bits per heavy atom. The number of aromatic nitrogens is 1. The molecule has 2 aromatic rings. The van der Waals surface area contributed by atoms with Crippen LogP contribution in [0.3, 0.4) is 0 Å². The van der Waals surface area contributed by atoms with Gasteiger partial charge in [-0.3, -0.25) is 10.1 Å². The van der Waals surface area contributed by atoms with Crippen molar-refractivity contribution in [1.82, 2.24) is 10.5 Å². The number of hydrogen-bond acceptors (Lipinski definition) is 4. The van der Waals surface area contributed by atoms with Crippen LogP contribution in [0.25, 0.3) is 0 Å². The van der Waals surface area contributed by atoms with Gasteiger partial charge in [-0.1, -0.05) is 25.9 Å². The molecule has 7 heteroatoms. The van der Waals surface area contributed by atoms with Crippen LogP contribution >= 0.6 is 0 Å². The summed E-state index contributed by atoms with van der Waals surface area (Å²) in [5.41, 5.74) is 0.901. The van der Waals surface area contributed by atoms with Crippen LogP contribution in [0.5, 0.6) is 0 Å². The first-order valence-electron chi connectivity index (χ1n) is 7.17. The van der Waals surface area contributed by atoms with Crippen molar-refractivity contribution >= 4 is 23.4 Å². The third-order valence-electron chi connectivity index (χ3n) is 3.12. The second kappa shape index (κ2) is 6.51. The standard InChI is InChI=1S/C16H20N4O3/c1-16(2,3)12-9-13(20-23-12)19-15(22)18-11-7-5-10(6-8-11)14(21)17-4/h5-9H,1-4H3,(H,17,21)(H2,18,19,20,22). The molecule has 0 spiro atoms. The molecule has 0 fully saturated rings. The average Bonchev–Trinajstić information content (AvgIpc) is 2.95. The minimum absolute atomic E-state index is 0.181. The number of nitrogens with zero attached hydrogens (tertiary/aromatic N) is 1. The second-order valence-electron chi connectivity index (χ2n) is 6.06. The molecule has 0 radical (unpaired) electrons. The van der Waals surface area contributed by atoms with Crippen LogP contribution < -0.4 is 16.0 Å². The van der Waals surface area contributed by atoms with Gasteiger partial charge in [0, 0.05) is 29.8 Å². The highest BCUT2D eigenvalue weighted by Crippen LogP contribution is 2.24. The fourth-order valence-electron chi connectivity index (χ4n) is 1.82. The molecule has 0 aliphatic rings. The van der Waals surface area contributed by atoms with Gasteiger partial charge in [0.2, 0.25) is 0 Å². The second-order valence-corrected chi connectivity index (χ2v) is 6.06. The molecule has 3 N–H and O–H groups in total. The molecule has 7 nitrogen and oxygen atoms in total. The van der Waals surface area contributed by atoms with Crippen LogP contribution in [-0.4, -0.2) is 24.1 Å². The quantitative estimate of drug-likeness (QED) is 0.811. The number of benzene rings is 1. The number of nitrogens with one attached hydrogen (secondary N) is 3. The largest absolute Gasteiger partial charge is 0.359 e. The van der Waals surface area contributed by atoms with Gasteiger partial charge in [-0.25, -0.2) is 4.79 Å².